The molecule has 1 rings (SSSR count). The summed E-state index contributed by atoms with van der Waals surface area (Å²) >= 11 is 0. The average Bonchev–Trinajstić information content (AvgIpc) is 2.09. The van der Waals surface area contributed by atoms with Gasteiger partial charge in [0, 0.05) is 19.8 Å². The van der Waals surface area contributed by atoms with Crippen LogP contribution >= 0.6 is 0 Å². The number of amides is 2. The first-order valence-corrected chi connectivity index (χ1v) is 4.43. The van der Waals surface area contributed by atoms with Gasteiger partial charge in [0.05, 0.1) is 11.4 Å². The second-order valence-corrected chi connectivity index (χ2v) is 3.41. The summed E-state index contributed by atoms with van der Waals surface area (Å²) in [7, 11) is 3.40. The van der Waals surface area contributed by atoms with E-state index in [9.17, 15) is 4.79 Å². The van der Waals surface area contributed by atoms with Crippen LogP contribution < -0.4 is 5.32 Å². The van der Waals surface area contributed by atoms with Crippen molar-refractivity contribution in [2.75, 3.05) is 19.4 Å². The van der Waals surface area contributed by atoms with E-state index < -0.39 is 0 Å². The van der Waals surface area contributed by atoms with Gasteiger partial charge in [0.2, 0.25) is 0 Å². The van der Waals surface area contributed by atoms with Gasteiger partial charge in [0.1, 0.15) is 0 Å². The molecular weight excluding hydrogens is 178 g/mol. The molecule has 14 heavy (non-hydrogen) atoms. The minimum Gasteiger partial charge on any atom is -0.331 e. The molecule has 4 nitrogen and oxygen atoms in total. The molecule has 0 saturated heterocycles. The van der Waals surface area contributed by atoms with Gasteiger partial charge in [0.15, 0.2) is 0 Å². The number of anilines is 1. The van der Waals surface area contributed by atoms with Crippen molar-refractivity contribution in [2.24, 2.45) is 0 Å². The van der Waals surface area contributed by atoms with Crippen LogP contribution in [-0.2, 0) is 0 Å². The number of aryl methyl sites for hydroxylation is 2. The van der Waals surface area contributed by atoms with E-state index in [0.717, 1.165) is 17.1 Å². The van der Waals surface area contributed by atoms with Crippen LogP contribution in [0.15, 0.2) is 12.1 Å². The lowest BCUT2D eigenvalue weighted by Crippen LogP contribution is -2.27. The predicted molar refractivity (Wildman–Crippen MR) is 56.4 cm³/mol. The molecular formula is C10H15N3O. The van der Waals surface area contributed by atoms with Crippen molar-refractivity contribution in [1.29, 1.82) is 0 Å². The first kappa shape index (κ1) is 10.5. The molecule has 1 N–H and O–H groups in total. The topological polar surface area (TPSA) is 45.2 Å². The third-order valence-electron chi connectivity index (χ3n) is 1.87. The minimum absolute atomic E-state index is 0.140. The van der Waals surface area contributed by atoms with E-state index in [2.05, 4.69) is 10.3 Å². The Morgan fingerprint density at radius 1 is 1.36 bits per heavy atom. The number of carbonyl (C=O) groups excluding carboxylic acids is 1. The maximum atomic E-state index is 11.3. The molecule has 2 amide bonds. The number of urea groups is 1. The number of nitrogens with one attached hydrogen (secondary N) is 1. The molecule has 0 radical (unpaired) electrons. The molecule has 0 aliphatic rings. The Balaban J connectivity index is 2.82. The molecule has 1 aromatic heterocycles. The van der Waals surface area contributed by atoms with Crippen molar-refractivity contribution in [3.05, 3.63) is 23.5 Å². The molecule has 76 valence electrons. The number of pyridine rings is 1. The lowest BCUT2D eigenvalue weighted by molar-refractivity contribution is 0.230. The molecule has 0 bridgehead atoms. The van der Waals surface area contributed by atoms with Gasteiger partial charge in [-0.3, -0.25) is 4.98 Å². The third-order valence-corrected chi connectivity index (χ3v) is 1.87. The zero-order valence-corrected chi connectivity index (χ0v) is 8.96. The Morgan fingerprint density at radius 3 is 2.50 bits per heavy atom. The molecule has 1 heterocycles. The van der Waals surface area contributed by atoms with Crippen LogP contribution in [0.4, 0.5) is 10.5 Å². The van der Waals surface area contributed by atoms with Crippen molar-refractivity contribution >= 4 is 11.7 Å². The van der Waals surface area contributed by atoms with Gasteiger partial charge in [-0.25, -0.2) is 4.79 Å². The smallest absolute Gasteiger partial charge is 0.321 e. The normalized spacial score (nSPS) is 9.71. The zero-order chi connectivity index (χ0) is 10.7. The number of rotatable bonds is 1. The van der Waals surface area contributed by atoms with Crippen LogP contribution in [0, 0.1) is 13.8 Å². The van der Waals surface area contributed by atoms with Gasteiger partial charge in [-0.15, -0.1) is 0 Å². The fourth-order valence-corrected chi connectivity index (χ4v) is 1.05. The van der Waals surface area contributed by atoms with E-state index in [-0.39, 0.29) is 6.03 Å². The summed E-state index contributed by atoms with van der Waals surface area (Å²) in [4.78, 5) is 17.1. The highest BCUT2D eigenvalue weighted by atomic mass is 16.2. The van der Waals surface area contributed by atoms with Crippen LogP contribution in [0.3, 0.4) is 0 Å². The monoisotopic (exact) mass is 193 g/mol. The largest absolute Gasteiger partial charge is 0.331 e. The van der Waals surface area contributed by atoms with Gasteiger partial charge in [-0.2, -0.15) is 0 Å². The number of aromatic nitrogens is 1. The second kappa shape index (κ2) is 4.09. The van der Waals surface area contributed by atoms with E-state index in [1.54, 1.807) is 14.1 Å². The second-order valence-electron chi connectivity index (χ2n) is 3.41. The molecule has 0 saturated carbocycles. The minimum atomic E-state index is -0.140. The molecule has 4 heteroatoms. The molecule has 0 spiro atoms. The molecule has 0 fully saturated rings. The highest BCUT2D eigenvalue weighted by molar-refractivity contribution is 5.89. The molecule has 0 aliphatic heterocycles. The zero-order valence-electron chi connectivity index (χ0n) is 8.96. The predicted octanol–water partition coefficient (Wildman–Crippen LogP) is 1.79. The van der Waals surface area contributed by atoms with Crippen molar-refractivity contribution in [3.8, 4) is 0 Å². The van der Waals surface area contributed by atoms with Crippen LogP contribution in [-0.4, -0.2) is 30.0 Å². The summed E-state index contributed by atoms with van der Waals surface area (Å²) < 4.78 is 0. The fraction of sp³-hybridized carbons (Fsp3) is 0.400. The first-order valence-electron chi connectivity index (χ1n) is 4.43. The maximum absolute atomic E-state index is 11.3. The summed E-state index contributed by atoms with van der Waals surface area (Å²) in [5.41, 5.74) is 2.54. The average molecular weight is 193 g/mol. The van der Waals surface area contributed by atoms with E-state index in [0.29, 0.717) is 0 Å². The highest BCUT2D eigenvalue weighted by Crippen LogP contribution is 2.12. The standard InChI is InChI=1S/C10H15N3O/c1-7-5-6-9(8(2)11-7)12-10(14)13(3)4/h5-6H,1-4H3,(H,12,14). The Labute approximate surface area is 83.9 Å². The van der Waals surface area contributed by atoms with Gasteiger partial charge in [0.25, 0.3) is 0 Å². The molecule has 0 aromatic carbocycles. The molecule has 0 atom stereocenters. The summed E-state index contributed by atoms with van der Waals surface area (Å²) in [6.45, 7) is 3.79. The highest BCUT2D eigenvalue weighted by Gasteiger charge is 2.06. The van der Waals surface area contributed by atoms with E-state index >= 15 is 0 Å². The number of nitrogens with zero attached hydrogens (tertiary/aromatic N) is 2. The van der Waals surface area contributed by atoms with Crippen LogP contribution in [0.2, 0.25) is 0 Å². The molecule has 0 aliphatic carbocycles. The SMILES string of the molecule is Cc1ccc(NC(=O)N(C)C)c(C)n1. The summed E-state index contributed by atoms with van der Waals surface area (Å²) in [5, 5.41) is 2.76. The first-order chi connectivity index (χ1) is 6.50. The fourth-order valence-electron chi connectivity index (χ4n) is 1.05. The van der Waals surface area contributed by atoms with Crippen molar-refractivity contribution in [1.82, 2.24) is 9.88 Å². The van der Waals surface area contributed by atoms with Gasteiger partial charge in [-0.05, 0) is 26.0 Å². The Morgan fingerprint density at radius 2 is 2.00 bits per heavy atom. The van der Waals surface area contributed by atoms with Crippen molar-refractivity contribution in [2.45, 2.75) is 13.8 Å². The summed E-state index contributed by atoms with van der Waals surface area (Å²) in [6.07, 6.45) is 0. The Hall–Kier alpha value is -1.58. The molecule has 0 unspecified atom stereocenters. The van der Waals surface area contributed by atoms with E-state index in [1.807, 2.05) is 26.0 Å². The number of hydrogen-bond acceptors (Lipinski definition) is 2. The Kier molecular flexibility index (Phi) is 3.06. The van der Waals surface area contributed by atoms with E-state index in [1.165, 1.54) is 4.90 Å². The quantitative estimate of drug-likeness (QED) is 0.739. The third kappa shape index (κ3) is 2.45. The van der Waals surface area contributed by atoms with E-state index in [4.69, 9.17) is 0 Å². The van der Waals surface area contributed by atoms with Crippen LogP contribution in [0.1, 0.15) is 11.4 Å². The van der Waals surface area contributed by atoms with Crippen LogP contribution in [0.25, 0.3) is 0 Å². The van der Waals surface area contributed by atoms with Gasteiger partial charge >= 0.3 is 6.03 Å². The summed E-state index contributed by atoms with van der Waals surface area (Å²) in [5.74, 6) is 0. The lowest BCUT2D eigenvalue weighted by Gasteiger charge is -2.13. The van der Waals surface area contributed by atoms with Crippen molar-refractivity contribution < 1.29 is 4.79 Å². The maximum Gasteiger partial charge on any atom is 0.321 e. The molecule has 1 aromatic rings. The van der Waals surface area contributed by atoms with Crippen molar-refractivity contribution in [3.63, 3.8) is 0 Å². The number of carbonyl (C=O) groups is 1. The van der Waals surface area contributed by atoms with Crippen LogP contribution in [0.5, 0.6) is 0 Å². The Bertz CT molecular complexity index is 347. The van der Waals surface area contributed by atoms with Gasteiger partial charge < -0.3 is 10.2 Å². The number of hydrogen-bond donors (Lipinski definition) is 1. The summed E-state index contributed by atoms with van der Waals surface area (Å²) in [6, 6.07) is 3.59. The lowest BCUT2D eigenvalue weighted by atomic mass is 10.3. The van der Waals surface area contributed by atoms with Gasteiger partial charge in [-0.1, -0.05) is 0 Å².